The number of ether oxygens (including phenoxy) is 1. The molecule has 1 atom stereocenters. The van der Waals surface area contributed by atoms with Crippen LogP contribution in [-0.4, -0.2) is 62.3 Å². The molecule has 138 valence electrons. The Kier molecular flexibility index (Phi) is 6.70. The van der Waals surface area contributed by atoms with Crippen molar-refractivity contribution < 1.29 is 9.53 Å². The van der Waals surface area contributed by atoms with Gasteiger partial charge in [-0.1, -0.05) is 18.2 Å². The molecule has 1 aromatic rings. The number of nitrogens with zero attached hydrogens (tertiary/aromatic N) is 2. The predicted molar refractivity (Wildman–Crippen MR) is 101 cm³/mol. The molecule has 5 nitrogen and oxygen atoms in total. The summed E-state index contributed by atoms with van der Waals surface area (Å²) in [5.74, 6) is 0.207. The van der Waals surface area contributed by atoms with Crippen LogP contribution < -0.4 is 10.2 Å². The van der Waals surface area contributed by atoms with Gasteiger partial charge in [-0.2, -0.15) is 0 Å². The number of rotatable bonds is 6. The molecule has 1 aromatic carbocycles. The van der Waals surface area contributed by atoms with E-state index >= 15 is 0 Å². The van der Waals surface area contributed by atoms with Crippen LogP contribution in [0.25, 0.3) is 0 Å². The van der Waals surface area contributed by atoms with Crippen molar-refractivity contribution >= 4 is 11.6 Å². The fourth-order valence-electron chi connectivity index (χ4n) is 3.76. The molecule has 2 heterocycles. The Hall–Kier alpha value is -1.59. The zero-order valence-corrected chi connectivity index (χ0v) is 15.3. The van der Waals surface area contributed by atoms with Crippen molar-refractivity contribution in [1.29, 1.82) is 0 Å². The number of benzene rings is 1. The first-order valence-corrected chi connectivity index (χ1v) is 9.63. The topological polar surface area (TPSA) is 44.8 Å². The van der Waals surface area contributed by atoms with Crippen LogP contribution >= 0.6 is 0 Å². The Bertz CT molecular complexity index is 523. The Morgan fingerprint density at radius 3 is 2.52 bits per heavy atom. The smallest absolute Gasteiger partial charge is 0.220 e. The summed E-state index contributed by atoms with van der Waals surface area (Å²) in [6, 6.07) is 11.3. The summed E-state index contributed by atoms with van der Waals surface area (Å²) in [5.41, 5.74) is 1.28. The van der Waals surface area contributed by atoms with Crippen LogP contribution in [0.3, 0.4) is 0 Å². The molecule has 0 saturated carbocycles. The third kappa shape index (κ3) is 5.44. The summed E-state index contributed by atoms with van der Waals surface area (Å²) < 4.78 is 5.39. The van der Waals surface area contributed by atoms with Gasteiger partial charge in [0, 0.05) is 50.4 Å². The fourth-order valence-corrected chi connectivity index (χ4v) is 3.76. The molecule has 0 radical (unpaired) electrons. The summed E-state index contributed by atoms with van der Waals surface area (Å²) in [7, 11) is 0. The van der Waals surface area contributed by atoms with Crippen LogP contribution in [0.2, 0.25) is 0 Å². The zero-order chi connectivity index (χ0) is 17.5. The van der Waals surface area contributed by atoms with E-state index in [1.807, 2.05) is 6.07 Å². The molecular formula is C20H31N3O2. The molecule has 2 saturated heterocycles. The molecule has 0 aromatic heterocycles. The van der Waals surface area contributed by atoms with Crippen molar-refractivity contribution in [2.45, 2.75) is 44.7 Å². The molecule has 1 amide bonds. The van der Waals surface area contributed by atoms with E-state index in [4.69, 9.17) is 4.74 Å². The lowest BCUT2D eigenvalue weighted by Gasteiger charge is -2.34. The van der Waals surface area contributed by atoms with Crippen molar-refractivity contribution in [1.82, 2.24) is 10.2 Å². The summed E-state index contributed by atoms with van der Waals surface area (Å²) in [6.07, 6.45) is 3.60. The van der Waals surface area contributed by atoms with Gasteiger partial charge in [0.15, 0.2) is 0 Å². The van der Waals surface area contributed by atoms with Gasteiger partial charge in [0.05, 0.1) is 13.2 Å². The number of morpholine rings is 1. The average molecular weight is 345 g/mol. The SMILES string of the molecule is C[C@H](CCC(=O)NC1CCN(c2ccccc2)CC1)N1CCOCC1. The van der Waals surface area contributed by atoms with Gasteiger partial charge in [0.25, 0.3) is 0 Å². The van der Waals surface area contributed by atoms with E-state index in [1.54, 1.807) is 0 Å². The molecule has 1 N–H and O–H groups in total. The number of carbonyl (C=O) groups is 1. The predicted octanol–water partition coefficient (Wildman–Crippen LogP) is 2.27. The molecule has 2 fully saturated rings. The standard InChI is InChI=1S/C20H31N3O2/c1-17(22-13-15-25-16-14-22)7-8-20(24)21-18-9-11-23(12-10-18)19-5-3-2-4-6-19/h2-6,17-18H,7-16H2,1H3,(H,21,24)/t17-/m1/s1. The Balaban J connectivity index is 1.35. The second-order valence-electron chi connectivity index (χ2n) is 7.20. The highest BCUT2D eigenvalue weighted by Gasteiger charge is 2.22. The van der Waals surface area contributed by atoms with E-state index in [0.717, 1.165) is 58.7 Å². The van der Waals surface area contributed by atoms with E-state index in [-0.39, 0.29) is 5.91 Å². The quantitative estimate of drug-likeness (QED) is 0.859. The molecular weight excluding hydrogens is 314 g/mol. The van der Waals surface area contributed by atoms with E-state index in [9.17, 15) is 4.79 Å². The van der Waals surface area contributed by atoms with Crippen molar-refractivity contribution in [2.75, 3.05) is 44.3 Å². The number of para-hydroxylation sites is 1. The molecule has 0 spiro atoms. The van der Waals surface area contributed by atoms with Crippen molar-refractivity contribution in [3.05, 3.63) is 30.3 Å². The average Bonchev–Trinajstić information content (AvgIpc) is 2.68. The molecule has 25 heavy (non-hydrogen) atoms. The van der Waals surface area contributed by atoms with Crippen LogP contribution in [0.1, 0.15) is 32.6 Å². The van der Waals surface area contributed by atoms with Crippen LogP contribution in [-0.2, 0) is 9.53 Å². The third-order valence-electron chi connectivity index (χ3n) is 5.44. The van der Waals surface area contributed by atoms with Gasteiger partial charge in [-0.05, 0) is 38.3 Å². The van der Waals surface area contributed by atoms with Gasteiger partial charge in [0.1, 0.15) is 0 Å². The number of piperidine rings is 1. The van der Waals surface area contributed by atoms with Gasteiger partial charge in [-0.25, -0.2) is 0 Å². The molecule has 3 rings (SSSR count). The lowest BCUT2D eigenvalue weighted by atomic mass is 10.0. The highest BCUT2D eigenvalue weighted by molar-refractivity contribution is 5.76. The Morgan fingerprint density at radius 2 is 1.84 bits per heavy atom. The van der Waals surface area contributed by atoms with Gasteiger partial charge >= 0.3 is 0 Å². The molecule has 0 aliphatic carbocycles. The summed E-state index contributed by atoms with van der Waals surface area (Å²) in [6.45, 7) is 7.85. The normalized spacial score (nSPS) is 21.1. The van der Waals surface area contributed by atoms with Gasteiger partial charge in [-0.15, -0.1) is 0 Å². The van der Waals surface area contributed by atoms with Crippen molar-refractivity contribution in [2.24, 2.45) is 0 Å². The largest absolute Gasteiger partial charge is 0.379 e. The molecule has 0 unspecified atom stereocenters. The Labute approximate surface area is 151 Å². The zero-order valence-electron chi connectivity index (χ0n) is 15.3. The van der Waals surface area contributed by atoms with E-state index in [2.05, 4.69) is 46.3 Å². The monoisotopic (exact) mass is 345 g/mol. The third-order valence-corrected chi connectivity index (χ3v) is 5.44. The molecule has 2 aliphatic rings. The van der Waals surface area contributed by atoms with Crippen LogP contribution in [0.5, 0.6) is 0 Å². The lowest BCUT2D eigenvalue weighted by Crippen LogP contribution is -2.45. The molecule has 2 aliphatic heterocycles. The number of nitrogens with one attached hydrogen (secondary N) is 1. The first-order valence-electron chi connectivity index (χ1n) is 9.63. The highest BCUT2D eigenvalue weighted by atomic mass is 16.5. The number of hydrogen-bond acceptors (Lipinski definition) is 4. The number of carbonyl (C=O) groups excluding carboxylic acids is 1. The summed E-state index contributed by atoms with van der Waals surface area (Å²) in [5, 5.41) is 3.24. The minimum absolute atomic E-state index is 0.207. The minimum Gasteiger partial charge on any atom is -0.379 e. The molecule has 0 bridgehead atoms. The van der Waals surface area contributed by atoms with Gasteiger partial charge in [-0.3, -0.25) is 9.69 Å². The van der Waals surface area contributed by atoms with Crippen LogP contribution in [0.4, 0.5) is 5.69 Å². The number of amides is 1. The second kappa shape index (κ2) is 9.20. The highest BCUT2D eigenvalue weighted by Crippen LogP contribution is 2.19. The lowest BCUT2D eigenvalue weighted by molar-refractivity contribution is -0.122. The fraction of sp³-hybridized carbons (Fsp3) is 0.650. The number of anilines is 1. The molecule has 5 heteroatoms. The van der Waals surface area contributed by atoms with Crippen LogP contribution in [0, 0.1) is 0 Å². The minimum atomic E-state index is 0.207. The number of hydrogen-bond donors (Lipinski definition) is 1. The van der Waals surface area contributed by atoms with Crippen molar-refractivity contribution in [3.8, 4) is 0 Å². The van der Waals surface area contributed by atoms with Crippen molar-refractivity contribution in [3.63, 3.8) is 0 Å². The summed E-state index contributed by atoms with van der Waals surface area (Å²) >= 11 is 0. The second-order valence-corrected chi connectivity index (χ2v) is 7.20. The van der Waals surface area contributed by atoms with Gasteiger partial charge < -0.3 is 15.0 Å². The first-order chi connectivity index (χ1) is 12.2. The van der Waals surface area contributed by atoms with Gasteiger partial charge in [0.2, 0.25) is 5.91 Å². The van der Waals surface area contributed by atoms with E-state index in [0.29, 0.717) is 18.5 Å². The first kappa shape index (κ1) is 18.2. The maximum Gasteiger partial charge on any atom is 0.220 e. The van der Waals surface area contributed by atoms with Crippen LogP contribution in [0.15, 0.2) is 30.3 Å². The summed E-state index contributed by atoms with van der Waals surface area (Å²) in [4.78, 5) is 17.1. The maximum absolute atomic E-state index is 12.3. The van der Waals surface area contributed by atoms with E-state index < -0.39 is 0 Å². The van der Waals surface area contributed by atoms with E-state index in [1.165, 1.54) is 5.69 Å². The Morgan fingerprint density at radius 1 is 1.16 bits per heavy atom. The maximum atomic E-state index is 12.3.